The molecule has 2 aromatic carbocycles. The Bertz CT molecular complexity index is 1530. The van der Waals surface area contributed by atoms with Gasteiger partial charge < -0.3 is 9.47 Å². The lowest BCUT2D eigenvalue weighted by molar-refractivity contribution is 0.0542. The van der Waals surface area contributed by atoms with Gasteiger partial charge in [0.05, 0.1) is 18.2 Å². The molecule has 1 aliphatic heterocycles. The molecule has 1 aliphatic rings. The summed E-state index contributed by atoms with van der Waals surface area (Å²) in [7, 11) is 3.40. The molecule has 4 aromatic rings. The summed E-state index contributed by atoms with van der Waals surface area (Å²) in [5.74, 6) is 0.0386. The third-order valence-corrected chi connectivity index (χ3v) is 7.81. The van der Waals surface area contributed by atoms with Gasteiger partial charge in [-0.3, -0.25) is 14.1 Å². The summed E-state index contributed by atoms with van der Waals surface area (Å²) in [6.45, 7) is 9.29. The minimum absolute atomic E-state index is 0.143. The number of hydrogen-bond donors (Lipinski definition) is 0. The predicted octanol–water partition coefficient (Wildman–Crippen LogP) is 6.37. The molecule has 8 heteroatoms. The second-order valence-corrected chi connectivity index (χ2v) is 11.7. The highest BCUT2D eigenvalue weighted by Crippen LogP contribution is 2.40. The first-order valence-corrected chi connectivity index (χ1v) is 13.8. The van der Waals surface area contributed by atoms with Gasteiger partial charge in [0.25, 0.3) is 0 Å². The molecule has 0 N–H and O–H groups in total. The monoisotopic (exact) mass is 542 g/mol. The van der Waals surface area contributed by atoms with Crippen molar-refractivity contribution in [3.05, 3.63) is 88.9 Å². The average molecular weight is 543 g/mol. The number of likely N-dealkylation sites (tertiary alicyclic amines) is 1. The molecule has 0 aliphatic carbocycles. The van der Waals surface area contributed by atoms with Crippen LogP contribution in [0, 0.1) is 6.92 Å². The predicted molar refractivity (Wildman–Crippen MR) is 154 cm³/mol. The summed E-state index contributed by atoms with van der Waals surface area (Å²) in [5.41, 5.74) is 5.44. The second kappa shape index (κ2) is 10.9. The third-order valence-electron chi connectivity index (χ3n) is 7.81. The number of aromatic nitrogens is 3. The van der Waals surface area contributed by atoms with Crippen LogP contribution in [0.4, 0.5) is 4.79 Å². The molecule has 40 heavy (non-hydrogen) atoms. The molecule has 0 amide bonds. The summed E-state index contributed by atoms with van der Waals surface area (Å²) in [5, 5.41) is 5.46. The Morgan fingerprint density at radius 2 is 1.80 bits per heavy atom. The summed E-state index contributed by atoms with van der Waals surface area (Å²) < 4.78 is 14.2. The largest absolute Gasteiger partial charge is 0.465 e. The van der Waals surface area contributed by atoms with Crippen LogP contribution in [0.3, 0.4) is 0 Å². The maximum atomic E-state index is 13.0. The van der Waals surface area contributed by atoms with Gasteiger partial charge in [0.1, 0.15) is 5.60 Å². The van der Waals surface area contributed by atoms with E-state index < -0.39 is 5.60 Å². The van der Waals surface area contributed by atoms with Gasteiger partial charge in [-0.1, -0.05) is 24.3 Å². The zero-order valence-electron chi connectivity index (χ0n) is 24.2. The van der Waals surface area contributed by atoms with Gasteiger partial charge in [-0.2, -0.15) is 5.10 Å². The summed E-state index contributed by atoms with van der Waals surface area (Å²) >= 11 is 0. The number of benzene rings is 2. The van der Waals surface area contributed by atoms with Gasteiger partial charge in [0.15, 0.2) is 0 Å². The Labute approximate surface area is 235 Å². The first-order chi connectivity index (χ1) is 19.1. The first-order valence-electron chi connectivity index (χ1n) is 13.8. The van der Waals surface area contributed by atoms with Crippen LogP contribution in [0.15, 0.2) is 60.9 Å². The van der Waals surface area contributed by atoms with Gasteiger partial charge in [-0.15, -0.1) is 0 Å². The number of hydrogen-bond acceptors (Lipinski definition) is 6. The molecule has 0 bridgehead atoms. The highest BCUT2D eigenvalue weighted by molar-refractivity contribution is 5.93. The van der Waals surface area contributed by atoms with Crippen LogP contribution in [0.25, 0.3) is 10.9 Å². The minimum atomic E-state index is -0.575. The van der Waals surface area contributed by atoms with Crippen molar-refractivity contribution in [1.82, 2.24) is 19.2 Å². The minimum Gasteiger partial charge on any atom is -0.465 e. The van der Waals surface area contributed by atoms with E-state index in [-0.39, 0.29) is 18.1 Å². The van der Waals surface area contributed by atoms with Gasteiger partial charge in [-0.25, -0.2) is 9.59 Å². The van der Waals surface area contributed by atoms with Crippen molar-refractivity contribution in [3.8, 4) is 0 Å². The maximum Gasteiger partial charge on any atom is 0.418 e. The molecular formula is C32H38N4O4. The van der Waals surface area contributed by atoms with Crippen LogP contribution in [0.1, 0.15) is 78.3 Å². The van der Waals surface area contributed by atoms with Crippen molar-refractivity contribution in [2.45, 2.75) is 64.6 Å². The Morgan fingerprint density at radius 1 is 1.05 bits per heavy atom. The lowest BCUT2D eigenvalue weighted by atomic mass is 9.84. The molecule has 8 nitrogen and oxygen atoms in total. The quantitative estimate of drug-likeness (QED) is 0.273. The topological polar surface area (TPSA) is 78.6 Å². The standard InChI is InChI=1S/C32H38N4O4/c1-21-7-8-25(26-15-18-36(29(21)26)31(38)40-32(2,3)4)20-35-17-14-24(27-13-16-33-34(27)5)19-28(35)22-9-11-23(12-10-22)30(37)39-6/h7-13,15-16,18,24,28H,14,17,19-20H2,1-6H3. The van der Waals surface area contributed by atoms with Gasteiger partial charge in [-0.05, 0) is 88.0 Å². The van der Waals surface area contributed by atoms with Crippen LogP contribution >= 0.6 is 0 Å². The van der Waals surface area contributed by atoms with Crippen molar-refractivity contribution >= 4 is 23.0 Å². The number of piperidine rings is 1. The molecule has 2 aromatic heterocycles. The highest BCUT2D eigenvalue weighted by Gasteiger charge is 2.32. The fourth-order valence-corrected chi connectivity index (χ4v) is 5.87. The van der Waals surface area contributed by atoms with E-state index in [0.29, 0.717) is 11.5 Å². The normalized spacial score (nSPS) is 18.1. The van der Waals surface area contributed by atoms with Crippen LogP contribution in [-0.2, 0) is 23.1 Å². The maximum absolute atomic E-state index is 13.0. The Hall–Kier alpha value is -3.91. The van der Waals surface area contributed by atoms with Crippen molar-refractivity contribution in [1.29, 1.82) is 0 Å². The summed E-state index contributed by atoms with van der Waals surface area (Å²) in [6, 6.07) is 16.3. The van der Waals surface area contributed by atoms with E-state index in [4.69, 9.17) is 9.47 Å². The molecular weight excluding hydrogens is 504 g/mol. The van der Waals surface area contributed by atoms with E-state index >= 15 is 0 Å². The molecule has 2 atom stereocenters. The molecule has 3 heterocycles. The second-order valence-electron chi connectivity index (χ2n) is 11.7. The number of carbonyl (C=O) groups excluding carboxylic acids is 2. The Balaban J connectivity index is 1.48. The molecule has 1 fully saturated rings. The van der Waals surface area contributed by atoms with E-state index in [1.54, 1.807) is 4.57 Å². The SMILES string of the molecule is COC(=O)c1ccc(C2CC(c3ccnn3C)CCN2Cc2ccc(C)c3c2ccn3C(=O)OC(C)(C)C)cc1. The number of ether oxygens (including phenoxy) is 2. The molecule has 5 rings (SSSR count). The lowest BCUT2D eigenvalue weighted by Crippen LogP contribution is -2.36. The molecule has 0 spiro atoms. The number of rotatable bonds is 5. The van der Waals surface area contributed by atoms with E-state index in [1.165, 1.54) is 12.8 Å². The van der Waals surface area contributed by atoms with Gasteiger partial charge in [0.2, 0.25) is 0 Å². The van der Waals surface area contributed by atoms with Crippen molar-refractivity contribution < 1.29 is 19.1 Å². The zero-order chi connectivity index (χ0) is 28.6. The summed E-state index contributed by atoms with van der Waals surface area (Å²) in [6.07, 6.45) is 5.26. The van der Waals surface area contributed by atoms with Crippen molar-refractivity contribution in [3.63, 3.8) is 0 Å². The number of methoxy groups -OCH3 is 1. The van der Waals surface area contributed by atoms with Crippen LogP contribution < -0.4 is 0 Å². The van der Waals surface area contributed by atoms with E-state index in [0.717, 1.165) is 53.5 Å². The Kier molecular flexibility index (Phi) is 7.55. The number of fused-ring (bicyclic) bond motifs is 1. The van der Waals surface area contributed by atoms with Crippen LogP contribution in [0.5, 0.6) is 0 Å². The van der Waals surface area contributed by atoms with Gasteiger partial charge in [0, 0.05) is 49.0 Å². The fraction of sp³-hybridized carbons (Fsp3) is 0.406. The number of aryl methyl sites for hydroxylation is 2. The van der Waals surface area contributed by atoms with Crippen LogP contribution in [0.2, 0.25) is 0 Å². The first kappa shape index (κ1) is 27.6. The van der Waals surface area contributed by atoms with Gasteiger partial charge >= 0.3 is 12.1 Å². The highest BCUT2D eigenvalue weighted by atomic mass is 16.6. The lowest BCUT2D eigenvalue weighted by Gasteiger charge is -2.40. The van der Waals surface area contributed by atoms with E-state index in [9.17, 15) is 9.59 Å². The van der Waals surface area contributed by atoms with Crippen LogP contribution in [-0.4, -0.2) is 50.6 Å². The van der Waals surface area contributed by atoms with Crippen molar-refractivity contribution in [2.24, 2.45) is 7.05 Å². The molecule has 0 radical (unpaired) electrons. The average Bonchev–Trinajstić information content (AvgIpc) is 3.57. The number of nitrogens with zero attached hydrogens (tertiary/aromatic N) is 4. The molecule has 0 saturated carbocycles. The van der Waals surface area contributed by atoms with E-state index in [1.807, 2.05) is 82.1 Å². The molecule has 1 saturated heterocycles. The molecule has 2 unspecified atom stereocenters. The van der Waals surface area contributed by atoms with Crippen molar-refractivity contribution in [2.75, 3.05) is 13.7 Å². The fourth-order valence-electron chi connectivity index (χ4n) is 5.87. The third kappa shape index (κ3) is 5.54. The zero-order valence-corrected chi connectivity index (χ0v) is 24.2. The number of esters is 1. The smallest absolute Gasteiger partial charge is 0.418 e. The van der Waals surface area contributed by atoms with E-state index in [2.05, 4.69) is 28.2 Å². The molecule has 210 valence electrons. The Morgan fingerprint density at radius 3 is 2.45 bits per heavy atom. The number of carbonyl (C=O) groups is 2. The summed E-state index contributed by atoms with van der Waals surface area (Å²) in [4.78, 5) is 27.6.